The van der Waals surface area contributed by atoms with Gasteiger partial charge in [0.2, 0.25) is 5.91 Å². The van der Waals surface area contributed by atoms with Crippen molar-refractivity contribution in [2.75, 3.05) is 5.32 Å². The standard InChI is InChI=1S/C11H9N3O3/c15-10(6-11(16)17)14-7-1-2-8-9(5-7)13-4-3-12-8/h1-5H,6H2,(H,14,15)(H,16,17). The van der Waals surface area contributed by atoms with Crippen LogP contribution in [-0.2, 0) is 9.59 Å². The summed E-state index contributed by atoms with van der Waals surface area (Å²) in [5.41, 5.74) is 1.86. The lowest BCUT2D eigenvalue weighted by Crippen LogP contribution is -2.15. The van der Waals surface area contributed by atoms with Gasteiger partial charge in [-0.05, 0) is 18.2 Å². The number of nitrogens with one attached hydrogen (secondary N) is 1. The topological polar surface area (TPSA) is 92.2 Å². The van der Waals surface area contributed by atoms with E-state index in [0.29, 0.717) is 16.7 Å². The molecule has 0 aliphatic carbocycles. The summed E-state index contributed by atoms with van der Waals surface area (Å²) in [7, 11) is 0. The molecule has 0 aliphatic heterocycles. The van der Waals surface area contributed by atoms with Crippen molar-refractivity contribution < 1.29 is 14.7 Å². The van der Waals surface area contributed by atoms with Crippen molar-refractivity contribution in [2.45, 2.75) is 6.42 Å². The fraction of sp³-hybridized carbons (Fsp3) is 0.0909. The molecule has 0 saturated carbocycles. The van der Waals surface area contributed by atoms with E-state index >= 15 is 0 Å². The molecule has 0 atom stereocenters. The van der Waals surface area contributed by atoms with Gasteiger partial charge in [-0.15, -0.1) is 0 Å². The SMILES string of the molecule is O=C(O)CC(=O)Nc1ccc2nccnc2c1. The van der Waals surface area contributed by atoms with Crippen LogP contribution in [0.3, 0.4) is 0 Å². The fourth-order valence-corrected chi connectivity index (χ4v) is 1.38. The molecule has 0 fully saturated rings. The highest BCUT2D eigenvalue weighted by molar-refractivity contribution is 6.02. The molecule has 1 aromatic carbocycles. The number of amides is 1. The predicted molar refractivity (Wildman–Crippen MR) is 60.4 cm³/mol. The number of fused-ring (bicyclic) bond motifs is 1. The van der Waals surface area contributed by atoms with Crippen LogP contribution in [0.2, 0.25) is 0 Å². The molecule has 0 spiro atoms. The van der Waals surface area contributed by atoms with E-state index in [1.807, 2.05) is 0 Å². The van der Waals surface area contributed by atoms with Crippen molar-refractivity contribution in [3.8, 4) is 0 Å². The molecule has 6 heteroatoms. The highest BCUT2D eigenvalue weighted by Gasteiger charge is 2.08. The molecule has 2 aromatic rings. The Bertz CT molecular complexity index is 583. The van der Waals surface area contributed by atoms with Crippen LogP contribution in [0.25, 0.3) is 11.0 Å². The number of nitrogens with zero attached hydrogens (tertiary/aromatic N) is 2. The van der Waals surface area contributed by atoms with Gasteiger partial charge in [0.15, 0.2) is 0 Å². The average molecular weight is 231 g/mol. The number of hydrogen-bond acceptors (Lipinski definition) is 4. The Labute approximate surface area is 96.3 Å². The molecule has 86 valence electrons. The van der Waals surface area contributed by atoms with Gasteiger partial charge < -0.3 is 10.4 Å². The highest BCUT2D eigenvalue weighted by atomic mass is 16.4. The maximum atomic E-state index is 11.2. The summed E-state index contributed by atoms with van der Waals surface area (Å²) >= 11 is 0. The van der Waals surface area contributed by atoms with Gasteiger partial charge in [-0.2, -0.15) is 0 Å². The van der Waals surface area contributed by atoms with Gasteiger partial charge in [0.05, 0.1) is 11.0 Å². The van der Waals surface area contributed by atoms with Gasteiger partial charge in [-0.1, -0.05) is 0 Å². The van der Waals surface area contributed by atoms with E-state index in [0.717, 1.165) is 0 Å². The lowest BCUT2D eigenvalue weighted by atomic mass is 10.2. The van der Waals surface area contributed by atoms with Crippen LogP contribution in [-0.4, -0.2) is 27.0 Å². The maximum Gasteiger partial charge on any atom is 0.312 e. The maximum absolute atomic E-state index is 11.2. The Morgan fingerprint density at radius 3 is 2.59 bits per heavy atom. The number of anilines is 1. The van der Waals surface area contributed by atoms with Gasteiger partial charge in [0.1, 0.15) is 6.42 Å². The van der Waals surface area contributed by atoms with Crippen LogP contribution in [0.15, 0.2) is 30.6 Å². The number of carbonyl (C=O) groups is 2. The molecule has 2 N–H and O–H groups in total. The number of rotatable bonds is 3. The summed E-state index contributed by atoms with van der Waals surface area (Å²) in [5, 5.41) is 10.9. The Morgan fingerprint density at radius 1 is 1.18 bits per heavy atom. The van der Waals surface area contributed by atoms with Gasteiger partial charge in [0, 0.05) is 18.1 Å². The summed E-state index contributed by atoms with van der Waals surface area (Å²) in [4.78, 5) is 29.7. The normalized spacial score (nSPS) is 10.1. The zero-order valence-corrected chi connectivity index (χ0v) is 8.75. The lowest BCUT2D eigenvalue weighted by Gasteiger charge is -2.04. The van der Waals surface area contributed by atoms with Crippen molar-refractivity contribution in [3.63, 3.8) is 0 Å². The second kappa shape index (κ2) is 4.56. The van der Waals surface area contributed by atoms with E-state index in [-0.39, 0.29) is 0 Å². The van der Waals surface area contributed by atoms with Gasteiger partial charge >= 0.3 is 5.97 Å². The molecule has 0 bridgehead atoms. The van der Waals surface area contributed by atoms with Crippen LogP contribution in [0, 0.1) is 0 Å². The van der Waals surface area contributed by atoms with Crippen molar-refractivity contribution in [2.24, 2.45) is 0 Å². The number of carboxylic acids is 1. The number of carbonyl (C=O) groups excluding carboxylic acids is 1. The average Bonchev–Trinajstić information content (AvgIpc) is 2.27. The quantitative estimate of drug-likeness (QED) is 0.770. The van der Waals surface area contributed by atoms with Crippen LogP contribution >= 0.6 is 0 Å². The molecular weight excluding hydrogens is 222 g/mol. The zero-order valence-electron chi connectivity index (χ0n) is 8.75. The molecule has 0 saturated heterocycles. The highest BCUT2D eigenvalue weighted by Crippen LogP contribution is 2.14. The van der Waals surface area contributed by atoms with Crippen LogP contribution in [0.4, 0.5) is 5.69 Å². The van der Waals surface area contributed by atoms with E-state index in [2.05, 4.69) is 15.3 Å². The summed E-state index contributed by atoms with van der Waals surface area (Å²) in [6.45, 7) is 0. The van der Waals surface area contributed by atoms with Crippen LogP contribution < -0.4 is 5.32 Å². The minimum Gasteiger partial charge on any atom is -0.481 e. The number of benzene rings is 1. The second-order valence-corrected chi connectivity index (χ2v) is 3.38. The largest absolute Gasteiger partial charge is 0.481 e. The summed E-state index contributed by atoms with van der Waals surface area (Å²) in [6.07, 6.45) is 2.56. The third-order valence-electron chi connectivity index (χ3n) is 2.06. The predicted octanol–water partition coefficient (Wildman–Crippen LogP) is 1.04. The Balaban J connectivity index is 2.19. The number of aliphatic carboxylic acids is 1. The van der Waals surface area contributed by atoms with Crippen LogP contribution in [0.1, 0.15) is 6.42 Å². The first-order valence-electron chi connectivity index (χ1n) is 4.87. The molecule has 0 unspecified atom stereocenters. The number of carboxylic acid groups (broad SMARTS) is 1. The Hall–Kier alpha value is -2.50. The molecule has 6 nitrogen and oxygen atoms in total. The van der Waals surface area contributed by atoms with Gasteiger partial charge in [-0.3, -0.25) is 19.6 Å². The summed E-state index contributed by atoms with van der Waals surface area (Å²) in [5.74, 6) is -1.73. The molecule has 0 aliphatic rings. The first kappa shape index (κ1) is 11.0. The molecule has 1 heterocycles. The Morgan fingerprint density at radius 2 is 1.88 bits per heavy atom. The zero-order chi connectivity index (χ0) is 12.3. The van der Waals surface area contributed by atoms with E-state index < -0.39 is 18.3 Å². The molecule has 2 rings (SSSR count). The molecule has 0 radical (unpaired) electrons. The smallest absolute Gasteiger partial charge is 0.312 e. The minimum absolute atomic E-state index is 0.504. The molecular formula is C11H9N3O3. The van der Waals surface area contributed by atoms with Crippen molar-refractivity contribution in [1.29, 1.82) is 0 Å². The van der Waals surface area contributed by atoms with E-state index in [1.165, 1.54) is 0 Å². The molecule has 17 heavy (non-hydrogen) atoms. The van der Waals surface area contributed by atoms with Gasteiger partial charge in [0.25, 0.3) is 0 Å². The van der Waals surface area contributed by atoms with Crippen LogP contribution in [0.5, 0.6) is 0 Å². The van der Waals surface area contributed by atoms with E-state index in [9.17, 15) is 9.59 Å². The Kier molecular flexibility index (Phi) is 2.95. The molecule has 1 amide bonds. The van der Waals surface area contributed by atoms with E-state index in [1.54, 1.807) is 30.6 Å². The first-order chi connectivity index (χ1) is 8.15. The third-order valence-corrected chi connectivity index (χ3v) is 2.06. The van der Waals surface area contributed by atoms with Gasteiger partial charge in [-0.25, -0.2) is 0 Å². The third kappa shape index (κ3) is 2.75. The molecule has 1 aromatic heterocycles. The monoisotopic (exact) mass is 231 g/mol. The van der Waals surface area contributed by atoms with Crippen molar-refractivity contribution in [1.82, 2.24) is 9.97 Å². The summed E-state index contributed by atoms with van der Waals surface area (Å²) in [6, 6.07) is 5.00. The number of aromatic nitrogens is 2. The van der Waals surface area contributed by atoms with Crippen molar-refractivity contribution >= 4 is 28.6 Å². The lowest BCUT2D eigenvalue weighted by molar-refractivity contribution is -0.139. The summed E-state index contributed by atoms with van der Waals surface area (Å²) < 4.78 is 0. The second-order valence-electron chi connectivity index (χ2n) is 3.38. The number of hydrogen-bond donors (Lipinski definition) is 2. The van der Waals surface area contributed by atoms with E-state index in [4.69, 9.17) is 5.11 Å². The first-order valence-corrected chi connectivity index (χ1v) is 4.87. The fourth-order valence-electron chi connectivity index (χ4n) is 1.38. The van der Waals surface area contributed by atoms with Crippen molar-refractivity contribution in [3.05, 3.63) is 30.6 Å². The minimum atomic E-state index is -1.16.